The second kappa shape index (κ2) is 5.25. The van der Waals surface area contributed by atoms with Crippen LogP contribution in [0.1, 0.15) is 24.7 Å². The molecule has 4 heteroatoms. The molecule has 1 atom stereocenters. The summed E-state index contributed by atoms with van der Waals surface area (Å²) in [6, 6.07) is 7.47. The number of hydrogen-bond donors (Lipinski definition) is 0. The van der Waals surface area contributed by atoms with Crippen LogP contribution < -0.4 is 4.74 Å². The number of imidazole rings is 1. The van der Waals surface area contributed by atoms with E-state index in [0.29, 0.717) is 11.6 Å². The monoisotopic (exact) mass is 276 g/mol. The van der Waals surface area contributed by atoms with Gasteiger partial charge in [-0.2, -0.15) is 0 Å². The molecule has 3 rings (SSSR count). The van der Waals surface area contributed by atoms with Gasteiger partial charge in [-0.1, -0.05) is 24.6 Å². The van der Waals surface area contributed by atoms with Gasteiger partial charge in [0.15, 0.2) is 0 Å². The highest BCUT2D eigenvalue weighted by atomic mass is 35.5. The van der Waals surface area contributed by atoms with Crippen LogP contribution in [0.15, 0.2) is 30.6 Å². The topological polar surface area (TPSA) is 27.1 Å². The number of rotatable bonds is 3. The van der Waals surface area contributed by atoms with E-state index in [2.05, 4.69) is 16.5 Å². The Hall–Kier alpha value is -1.48. The van der Waals surface area contributed by atoms with Gasteiger partial charge in [-0.15, -0.1) is 0 Å². The zero-order chi connectivity index (χ0) is 13.2. The maximum absolute atomic E-state index is 5.94. The van der Waals surface area contributed by atoms with Crippen LogP contribution in [0.5, 0.6) is 5.75 Å². The van der Waals surface area contributed by atoms with Crippen LogP contribution >= 0.6 is 11.6 Å². The highest BCUT2D eigenvalue weighted by molar-refractivity contribution is 6.30. The van der Waals surface area contributed by atoms with Crippen LogP contribution in [0.4, 0.5) is 0 Å². The van der Waals surface area contributed by atoms with Crippen LogP contribution in [0, 0.1) is 5.92 Å². The Morgan fingerprint density at radius 3 is 3.21 bits per heavy atom. The van der Waals surface area contributed by atoms with Crippen molar-refractivity contribution < 1.29 is 4.74 Å². The average molecular weight is 277 g/mol. The summed E-state index contributed by atoms with van der Waals surface area (Å²) in [4.78, 5) is 4.47. The second-order valence-corrected chi connectivity index (χ2v) is 5.61. The number of aryl methyl sites for hydroxylation is 1. The van der Waals surface area contributed by atoms with E-state index in [4.69, 9.17) is 16.3 Å². The predicted molar refractivity (Wildman–Crippen MR) is 75.5 cm³/mol. The summed E-state index contributed by atoms with van der Waals surface area (Å²) >= 11 is 5.94. The minimum atomic E-state index is 0.509. The van der Waals surface area contributed by atoms with Gasteiger partial charge in [0, 0.05) is 17.3 Å². The van der Waals surface area contributed by atoms with Crippen molar-refractivity contribution in [3.05, 3.63) is 47.0 Å². The molecule has 1 aliphatic heterocycles. The number of fused-ring (bicyclic) bond motifs is 1. The fourth-order valence-corrected chi connectivity index (χ4v) is 2.68. The molecule has 0 radical (unpaired) electrons. The molecule has 1 aromatic heterocycles. The summed E-state index contributed by atoms with van der Waals surface area (Å²) in [7, 11) is 0. The molecule has 0 amide bonds. The lowest BCUT2D eigenvalue weighted by molar-refractivity contribution is 0.297. The first-order chi connectivity index (χ1) is 9.22. The largest absolute Gasteiger partial charge is 0.487 e. The van der Waals surface area contributed by atoms with E-state index in [-0.39, 0.29) is 0 Å². The molecular weight excluding hydrogens is 260 g/mol. The highest BCUT2D eigenvalue weighted by Crippen LogP contribution is 2.24. The van der Waals surface area contributed by atoms with Crippen molar-refractivity contribution >= 4 is 11.6 Å². The van der Waals surface area contributed by atoms with Gasteiger partial charge < -0.3 is 9.30 Å². The Balaban J connectivity index is 1.72. The highest BCUT2D eigenvalue weighted by Gasteiger charge is 2.19. The first-order valence-corrected chi connectivity index (χ1v) is 7.01. The van der Waals surface area contributed by atoms with E-state index in [1.54, 1.807) is 0 Å². The molecule has 19 heavy (non-hydrogen) atoms. The fraction of sp³-hybridized carbons (Fsp3) is 0.400. The minimum Gasteiger partial charge on any atom is -0.487 e. The summed E-state index contributed by atoms with van der Waals surface area (Å²) in [5, 5.41) is 0.693. The van der Waals surface area contributed by atoms with Gasteiger partial charge in [0.05, 0.1) is 12.0 Å². The van der Waals surface area contributed by atoms with Crippen molar-refractivity contribution in [2.75, 3.05) is 0 Å². The number of benzene rings is 1. The number of ether oxygens (including phenoxy) is 1. The third kappa shape index (κ3) is 2.76. The Kier molecular flexibility index (Phi) is 3.47. The van der Waals surface area contributed by atoms with Crippen molar-refractivity contribution in [2.45, 2.75) is 32.9 Å². The lowest BCUT2D eigenvalue weighted by atomic mass is 9.97. The molecular formula is C15H17ClN2O. The first-order valence-electron chi connectivity index (χ1n) is 6.63. The molecule has 1 aromatic carbocycles. The molecule has 100 valence electrons. The smallest absolute Gasteiger partial charge is 0.132 e. The summed E-state index contributed by atoms with van der Waals surface area (Å²) in [6.45, 7) is 3.87. The van der Waals surface area contributed by atoms with Crippen molar-refractivity contribution in [3.63, 3.8) is 0 Å². The van der Waals surface area contributed by atoms with Gasteiger partial charge in [-0.3, -0.25) is 0 Å². The van der Waals surface area contributed by atoms with E-state index in [9.17, 15) is 0 Å². The third-order valence-electron chi connectivity index (χ3n) is 3.61. The van der Waals surface area contributed by atoms with Gasteiger partial charge in [0.2, 0.25) is 0 Å². The lowest BCUT2D eigenvalue weighted by Gasteiger charge is -2.21. The zero-order valence-corrected chi connectivity index (χ0v) is 11.7. The summed E-state index contributed by atoms with van der Waals surface area (Å²) in [5.74, 6) is 1.52. The molecule has 1 aliphatic rings. The van der Waals surface area contributed by atoms with E-state index in [1.165, 1.54) is 12.1 Å². The van der Waals surface area contributed by atoms with Gasteiger partial charge in [-0.05, 0) is 37.0 Å². The Morgan fingerprint density at radius 2 is 2.37 bits per heavy atom. The van der Waals surface area contributed by atoms with Gasteiger partial charge in [-0.25, -0.2) is 4.98 Å². The van der Waals surface area contributed by atoms with Gasteiger partial charge in [0.25, 0.3) is 0 Å². The lowest BCUT2D eigenvalue weighted by Crippen LogP contribution is -2.17. The Bertz CT molecular complexity index is 579. The second-order valence-electron chi connectivity index (χ2n) is 5.18. The van der Waals surface area contributed by atoms with Crippen LogP contribution in [-0.2, 0) is 19.6 Å². The van der Waals surface area contributed by atoms with Gasteiger partial charge >= 0.3 is 0 Å². The van der Waals surface area contributed by atoms with Crippen molar-refractivity contribution in [1.82, 2.24) is 9.55 Å². The molecule has 0 spiro atoms. The standard InChI is InChI=1S/C15H17ClN2O/c1-11-5-6-18-10-17-14(15(18)7-11)9-19-13-4-2-3-12(16)8-13/h2-4,8,10-11H,5-7,9H2,1H3. The molecule has 0 fully saturated rings. The summed E-state index contributed by atoms with van der Waals surface area (Å²) in [6.07, 6.45) is 4.25. The molecule has 0 saturated heterocycles. The third-order valence-corrected chi connectivity index (χ3v) is 3.84. The van der Waals surface area contributed by atoms with Crippen LogP contribution in [0.25, 0.3) is 0 Å². The predicted octanol–water partition coefficient (Wildman–Crippen LogP) is 3.70. The normalized spacial score (nSPS) is 18.1. The Morgan fingerprint density at radius 1 is 1.47 bits per heavy atom. The van der Waals surface area contributed by atoms with Crippen LogP contribution in [0.2, 0.25) is 5.02 Å². The SMILES string of the molecule is CC1CCn2cnc(COc3cccc(Cl)c3)c2C1. The van der Waals surface area contributed by atoms with Gasteiger partial charge in [0.1, 0.15) is 12.4 Å². The van der Waals surface area contributed by atoms with E-state index >= 15 is 0 Å². The van der Waals surface area contributed by atoms with Crippen molar-refractivity contribution in [3.8, 4) is 5.75 Å². The zero-order valence-electron chi connectivity index (χ0n) is 11.0. The van der Waals surface area contributed by atoms with E-state index < -0.39 is 0 Å². The van der Waals surface area contributed by atoms with Crippen LogP contribution in [-0.4, -0.2) is 9.55 Å². The average Bonchev–Trinajstić information content (AvgIpc) is 2.79. The molecule has 0 aliphatic carbocycles. The molecule has 0 N–H and O–H groups in total. The maximum Gasteiger partial charge on any atom is 0.132 e. The van der Waals surface area contributed by atoms with E-state index in [1.807, 2.05) is 30.6 Å². The van der Waals surface area contributed by atoms with E-state index in [0.717, 1.165) is 30.3 Å². The number of hydrogen-bond acceptors (Lipinski definition) is 2. The number of halogens is 1. The van der Waals surface area contributed by atoms with Crippen LogP contribution in [0.3, 0.4) is 0 Å². The first kappa shape index (κ1) is 12.5. The summed E-state index contributed by atoms with van der Waals surface area (Å²) < 4.78 is 8.02. The number of aromatic nitrogens is 2. The van der Waals surface area contributed by atoms with Crippen molar-refractivity contribution in [1.29, 1.82) is 0 Å². The minimum absolute atomic E-state index is 0.509. The molecule has 2 aromatic rings. The Labute approximate surface area is 118 Å². The molecule has 2 heterocycles. The maximum atomic E-state index is 5.94. The fourth-order valence-electron chi connectivity index (χ4n) is 2.50. The molecule has 3 nitrogen and oxygen atoms in total. The quantitative estimate of drug-likeness (QED) is 0.855. The summed E-state index contributed by atoms with van der Waals surface area (Å²) in [5.41, 5.74) is 2.37. The van der Waals surface area contributed by atoms with Crippen molar-refractivity contribution in [2.24, 2.45) is 5.92 Å². The number of nitrogens with zero attached hydrogens (tertiary/aromatic N) is 2. The molecule has 1 unspecified atom stereocenters. The molecule has 0 saturated carbocycles. The molecule has 0 bridgehead atoms.